The molecule has 0 spiro atoms. The molecule has 0 radical (unpaired) electrons. The fraction of sp³-hybridized carbons (Fsp3) is 0.500. The van der Waals surface area contributed by atoms with E-state index < -0.39 is 36.0 Å². The summed E-state index contributed by atoms with van der Waals surface area (Å²) >= 11 is 0. The van der Waals surface area contributed by atoms with Crippen molar-refractivity contribution in [2.24, 2.45) is 0 Å². The van der Waals surface area contributed by atoms with E-state index in [0.29, 0.717) is 0 Å². The zero-order chi connectivity index (χ0) is 15.0. The highest BCUT2D eigenvalue weighted by atomic mass is 19.3. The Labute approximate surface area is 114 Å². The minimum Gasteiger partial charge on any atom is -0.494 e. The van der Waals surface area contributed by atoms with E-state index in [0.717, 1.165) is 6.07 Å². The van der Waals surface area contributed by atoms with Gasteiger partial charge in [-0.05, 0) is 30.5 Å². The molecule has 0 bridgehead atoms. The van der Waals surface area contributed by atoms with E-state index in [9.17, 15) is 23.1 Å². The molecule has 1 aliphatic carbocycles. The van der Waals surface area contributed by atoms with E-state index in [1.807, 2.05) is 0 Å². The maximum atomic E-state index is 13.7. The summed E-state index contributed by atoms with van der Waals surface area (Å²) in [5.41, 5.74) is -1.24. The monoisotopic (exact) mass is 288 g/mol. The lowest BCUT2D eigenvalue weighted by atomic mass is 9.68. The number of methoxy groups -OCH3 is 1. The van der Waals surface area contributed by atoms with Crippen molar-refractivity contribution in [2.45, 2.75) is 37.0 Å². The molecule has 1 aliphatic rings. The van der Waals surface area contributed by atoms with Crippen LogP contribution in [0.5, 0.6) is 5.75 Å². The van der Waals surface area contributed by atoms with Crippen LogP contribution in [0.1, 0.15) is 31.2 Å². The van der Waals surface area contributed by atoms with Crippen molar-refractivity contribution in [2.75, 3.05) is 7.11 Å². The van der Waals surface area contributed by atoms with E-state index >= 15 is 0 Å². The van der Waals surface area contributed by atoms with E-state index in [2.05, 4.69) is 0 Å². The van der Waals surface area contributed by atoms with Gasteiger partial charge in [0.25, 0.3) is 0 Å². The summed E-state index contributed by atoms with van der Waals surface area (Å²) in [4.78, 5) is 11.6. The van der Waals surface area contributed by atoms with Crippen molar-refractivity contribution in [1.29, 1.82) is 0 Å². The van der Waals surface area contributed by atoms with Gasteiger partial charge in [-0.15, -0.1) is 0 Å². The highest BCUT2D eigenvalue weighted by molar-refractivity contribution is 5.81. The second-order valence-electron chi connectivity index (χ2n) is 5.09. The van der Waals surface area contributed by atoms with E-state index in [1.54, 1.807) is 0 Å². The number of benzene rings is 1. The molecule has 0 aromatic heterocycles. The maximum Gasteiger partial charge on any atom is 0.314 e. The summed E-state index contributed by atoms with van der Waals surface area (Å²) in [6.07, 6.45) is -1.43. The highest BCUT2D eigenvalue weighted by Crippen LogP contribution is 2.46. The molecule has 1 saturated carbocycles. The molecule has 0 heterocycles. The molecule has 110 valence electrons. The van der Waals surface area contributed by atoms with Crippen molar-refractivity contribution in [3.8, 4) is 5.75 Å². The van der Waals surface area contributed by atoms with Crippen LogP contribution in [0, 0.1) is 5.82 Å². The van der Waals surface area contributed by atoms with Crippen LogP contribution in [0.15, 0.2) is 18.2 Å². The Kier molecular flexibility index (Phi) is 3.67. The number of aliphatic carboxylic acids is 1. The van der Waals surface area contributed by atoms with Gasteiger partial charge in [0.15, 0.2) is 11.6 Å². The van der Waals surface area contributed by atoms with Crippen molar-refractivity contribution >= 4 is 5.97 Å². The SMILES string of the molecule is COc1ccc(C2(C(=O)O)CCC(F)(F)CC2)cc1F. The molecular formula is C14H15F3O3. The summed E-state index contributed by atoms with van der Waals surface area (Å²) in [5, 5.41) is 9.43. The minimum atomic E-state index is -2.84. The van der Waals surface area contributed by atoms with Crippen LogP contribution in [-0.4, -0.2) is 24.1 Å². The Hall–Kier alpha value is -1.72. The summed E-state index contributed by atoms with van der Waals surface area (Å²) in [7, 11) is 1.30. The van der Waals surface area contributed by atoms with Crippen LogP contribution in [0.2, 0.25) is 0 Å². The third-order valence-corrected chi connectivity index (χ3v) is 3.95. The number of rotatable bonds is 3. The molecule has 20 heavy (non-hydrogen) atoms. The summed E-state index contributed by atoms with van der Waals surface area (Å²) < 4.78 is 45.0. The number of alkyl halides is 2. The molecule has 1 aromatic rings. The molecule has 3 nitrogen and oxygen atoms in total. The Balaban J connectivity index is 2.39. The number of halogens is 3. The van der Waals surface area contributed by atoms with E-state index in [1.165, 1.54) is 19.2 Å². The van der Waals surface area contributed by atoms with Crippen LogP contribution >= 0.6 is 0 Å². The van der Waals surface area contributed by atoms with Crippen molar-refractivity contribution in [3.63, 3.8) is 0 Å². The largest absolute Gasteiger partial charge is 0.494 e. The van der Waals surface area contributed by atoms with Gasteiger partial charge in [-0.25, -0.2) is 13.2 Å². The first-order chi connectivity index (χ1) is 9.31. The fourth-order valence-electron chi connectivity index (χ4n) is 2.63. The lowest BCUT2D eigenvalue weighted by Crippen LogP contribution is -2.42. The van der Waals surface area contributed by atoms with E-state index in [-0.39, 0.29) is 24.2 Å². The number of ether oxygens (including phenoxy) is 1. The normalized spacial score (nSPS) is 20.4. The quantitative estimate of drug-likeness (QED) is 0.927. The number of hydrogen-bond acceptors (Lipinski definition) is 2. The van der Waals surface area contributed by atoms with Crippen LogP contribution in [0.4, 0.5) is 13.2 Å². The van der Waals surface area contributed by atoms with Gasteiger partial charge in [0, 0.05) is 12.8 Å². The minimum absolute atomic E-state index is 0.00423. The van der Waals surface area contributed by atoms with Gasteiger partial charge in [0.2, 0.25) is 5.92 Å². The van der Waals surface area contributed by atoms with Crippen molar-refractivity contribution in [3.05, 3.63) is 29.6 Å². The number of carboxylic acid groups (broad SMARTS) is 1. The number of carbonyl (C=O) groups is 1. The molecule has 0 saturated heterocycles. The third kappa shape index (κ3) is 2.46. The Bertz CT molecular complexity index is 518. The maximum absolute atomic E-state index is 13.7. The average molecular weight is 288 g/mol. The lowest BCUT2D eigenvalue weighted by Gasteiger charge is -2.37. The summed E-state index contributed by atoms with van der Waals surface area (Å²) in [6.45, 7) is 0. The van der Waals surface area contributed by atoms with Gasteiger partial charge in [0.1, 0.15) is 0 Å². The standard InChI is InChI=1S/C14H15F3O3/c1-20-11-3-2-9(8-10(11)15)13(12(18)19)4-6-14(16,17)7-5-13/h2-3,8H,4-7H2,1H3,(H,18,19). The molecule has 1 N–H and O–H groups in total. The topological polar surface area (TPSA) is 46.5 Å². The molecule has 6 heteroatoms. The molecule has 0 amide bonds. The fourth-order valence-corrected chi connectivity index (χ4v) is 2.63. The smallest absolute Gasteiger partial charge is 0.314 e. The van der Waals surface area contributed by atoms with Gasteiger partial charge in [0.05, 0.1) is 12.5 Å². The van der Waals surface area contributed by atoms with Gasteiger partial charge in [-0.1, -0.05) is 6.07 Å². The van der Waals surface area contributed by atoms with Gasteiger partial charge in [-0.2, -0.15) is 0 Å². The Morgan fingerprint density at radius 1 is 1.25 bits per heavy atom. The first-order valence-electron chi connectivity index (χ1n) is 6.26. The van der Waals surface area contributed by atoms with Crippen molar-refractivity contribution in [1.82, 2.24) is 0 Å². The zero-order valence-corrected chi connectivity index (χ0v) is 11.0. The highest BCUT2D eigenvalue weighted by Gasteiger charge is 2.49. The Morgan fingerprint density at radius 2 is 1.85 bits per heavy atom. The lowest BCUT2D eigenvalue weighted by molar-refractivity contribution is -0.149. The summed E-state index contributed by atoms with van der Waals surface area (Å²) in [5.74, 6) is -4.74. The van der Waals surface area contributed by atoms with E-state index in [4.69, 9.17) is 4.74 Å². The van der Waals surface area contributed by atoms with Crippen molar-refractivity contribution < 1.29 is 27.8 Å². The van der Waals surface area contributed by atoms with Crippen LogP contribution < -0.4 is 4.74 Å². The molecule has 0 unspecified atom stereocenters. The van der Waals surface area contributed by atoms with Crippen LogP contribution in [-0.2, 0) is 10.2 Å². The third-order valence-electron chi connectivity index (χ3n) is 3.95. The molecule has 1 fully saturated rings. The first kappa shape index (κ1) is 14.7. The molecule has 2 rings (SSSR count). The Morgan fingerprint density at radius 3 is 2.30 bits per heavy atom. The predicted molar refractivity (Wildman–Crippen MR) is 65.7 cm³/mol. The zero-order valence-electron chi connectivity index (χ0n) is 11.0. The number of carboxylic acids is 1. The van der Waals surface area contributed by atoms with Gasteiger partial charge < -0.3 is 9.84 Å². The second-order valence-corrected chi connectivity index (χ2v) is 5.09. The van der Waals surface area contributed by atoms with Gasteiger partial charge in [-0.3, -0.25) is 4.79 Å². The first-order valence-corrected chi connectivity index (χ1v) is 6.26. The van der Waals surface area contributed by atoms with Gasteiger partial charge >= 0.3 is 5.97 Å². The van der Waals surface area contributed by atoms with Crippen LogP contribution in [0.3, 0.4) is 0 Å². The number of hydrogen-bond donors (Lipinski definition) is 1. The summed E-state index contributed by atoms with van der Waals surface area (Å²) in [6, 6.07) is 3.82. The van der Waals surface area contributed by atoms with Crippen LogP contribution in [0.25, 0.3) is 0 Å². The predicted octanol–water partition coefficient (Wildman–Crippen LogP) is 3.37. The molecule has 1 aromatic carbocycles. The average Bonchev–Trinajstić information content (AvgIpc) is 2.38. The molecular weight excluding hydrogens is 273 g/mol. The molecule has 0 atom stereocenters. The second kappa shape index (κ2) is 5.00. The molecule has 0 aliphatic heterocycles.